The molecule has 0 aromatic heterocycles. The van der Waals surface area contributed by atoms with E-state index in [1.807, 2.05) is 0 Å². The summed E-state index contributed by atoms with van der Waals surface area (Å²) in [5.41, 5.74) is 1.10. The van der Waals surface area contributed by atoms with Gasteiger partial charge in [0.15, 0.2) is 6.79 Å². The van der Waals surface area contributed by atoms with Crippen LogP contribution < -0.4 is 0 Å². The molecule has 0 radical (unpaired) electrons. The van der Waals surface area contributed by atoms with Gasteiger partial charge in [0.1, 0.15) is 0 Å². The highest BCUT2D eigenvalue weighted by molar-refractivity contribution is 5.69. The van der Waals surface area contributed by atoms with Crippen LogP contribution in [0.2, 0.25) is 0 Å². The second-order valence-corrected chi connectivity index (χ2v) is 11.3. The van der Waals surface area contributed by atoms with Gasteiger partial charge in [-0.1, -0.05) is 33.6 Å². The van der Waals surface area contributed by atoms with Gasteiger partial charge >= 0.3 is 5.97 Å². The predicted molar refractivity (Wildman–Crippen MR) is 111 cm³/mol. The number of hydrogen-bond donors (Lipinski definition) is 1. The van der Waals surface area contributed by atoms with Crippen molar-refractivity contribution in [3.63, 3.8) is 0 Å². The van der Waals surface area contributed by atoms with Gasteiger partial charge in [0.05, 0.1) is 0 Å². The molecule has 8 atom stereocenters. The average molecular weight is 391 g/mol. The van der Waals surface area contributed by atoms with Crippen LogP contribution >= 0.6 is 0 Å². The van der Waals surface area contributed by atoms with Crippen molar-refractivity contribution < 1.29 is 14.6 Å². The van der Waals surface area contributed by atoms with Crippen LogP contribution in [0.5, 0.6) is 0 Å². The number of fused-ring (bicyclic) bond motifs is 5. The number of ether oxygens (including phenoxy) is 1. The number of carbonyl (C=O) groups is 1. The Bertz CT molecular complexity index is 574. The monoisotopic (exact) mass is 390 g/mol. The van der Waals surface area contributed by atoms with Crippen LogP contribution in [0.4, 0.5) is 0 Å². The molecule has 4 aliphatic carbocycles. The number of hydrogen-bond acceptors (Lipinski definition) is 3. The van der Waals surface area contributed by atoms with Crippen LogP contribution in [-0.2, 0) is 9.53 Å². The number of esters is 1. The van der Waals surface area contributed by atoms with Crippen LogP contribution in [0.1, 0.15) is 97.8 Å². The molecule has 0 amide bonds. The Balaban J connectivity index is 1.45. The Morgan fingerprint density at radius 2 is 1.79 bits per heavy atom. The van der Waals surface area contributed by atoms with Gasteiger partial charge in [0.2, 0.25) is 0 Å². The molecule has 0 aliphatic heterocycles. The standard InChI is InChI=1S/C25H42O3/c1-17(7-12-23(27)28-16-26)20-10-11-21-19-9-8-18-6-4-5-14-24(18,2)22(19)13-15-25(20,21)3/h17-22,26H,4-16H2,1-3H3/t17-,18?,19?,20?,21?,22?,24?,25?/m1/s1. The molecule has 3 nitrogen and oxygen atoms in total. The van der Waals surface area contributed by atoms with Gasteiger partial charge in [-0.05, 0) is 104 Å². The van der Waals surface area contributed by atoms with Crippen molar-refractivity contribution in [2.45, 2.75) is 97.8 Å². The number of rotatable bonds is 5. The van der Waals surface area contributed by atoms with Crippen molar-refractivity contribution >= 4 is 5.97 Å². The van der Waals surface area contributed by atoms with Crippen molar-refractivity contribution in [2.75, 3.05) is 6.79 Å². The maximum atomic E-state index is 11.7. The predicted octanol–water partition coefficient (Wildman–Crippen LogP) is 5.94. The van der Waals surface area contributed by atoms with Gasteiger partial charge in [-0.15, -0.1) is 0 Å². The van der Waals surface area contributed by atoms with Crippen molar-refractivity contribution in [3.8, 4) is 0 Å². The van der Waals surface area contributed by atoms with E-state index in [1.54, 1.807) is 0 Å². The highest BCUT2D eigenvalue weighted by Crippen LogP contribution is 2.68. The van der Waals surface area contributed by atoms with Crippen molar-refractivity contribution in [2.24, 2.45) is 46.3 Å². The lowest BCUT2D eigenvalue weighted by atomic mass is 9.44. The Labute approximate surface area is 172 Å². The second-order valence-electron chi connectivity index (χ2n) is 11.3. The molecule has 0 aromatic rings. The van der Waals surface area contributed by atoms with Crippen LogP contribution in [0.15, 0.2) is 0 Å². The van der Waals surface area contributed by atoms with Crippen molar-refractivity contribution in [1.29, 1.82) is 0 Å². The van der Waals surface area contributed by atoms with Gasteiger partial charge in [-0.3, -0.25) is 4.79 Å². The zero-order chi connectivity index (χ0) is 19.9. The second kappa shape index (κ2) is 7.93. The van der Waals surface area contributed by atoms with E-state index in [-0.39, 0.29) is 5.97 Å². The summed E-state index contributed by atoms with van der Waals surface area (Å²) in [6.45, 7) is 7.14. The van der Waals surface area contributed by atoms with Crippen LogP contribution in [0.25, 0.3) is 0 Å². The molecule has 0 aromatic carbocycles. The third kappa shape index (κ3) is 3.34. The molecule has 160 valence electrons. The van der Waals surface area contributed by atoms with Gasteiger partial charge in [-0.25, -0.2) is 0 Å². The largest absolute Gasteiger partial charge is 0.439 e. The van der Waals surface area contributed by atoms with E-state index in [4.69, 9.17) is 9.84 Å². The van der Waals surface area contributed by atoms with Gasteiger partial charge < -0.3 is 9.84 Å². The summed E-state index contributed by atoms with van der Waals surface area (Å²) in [4.78, 5) is 11.7. The number of aliphatic hydroxyl groups excluding tert-OH is 1. The molecular weight excluding hydrogens is 348 g/mol. The molecule has 3 heteroatoms. The highest BCUT2D eigenvalue weighted by atomic mass is 16.6. The van der Waals surface area contributed by atoms with Crippen LogP contribution in [0.3, 0.4) is 0 Å². The Morgan fingerprint density at radius 3 is 2.57 bits per heavy atom. The smallest absolute Gasteiger partial charge is 0.307 e. The van der Waals surface area contributed by atoms with Crippen LogP contribution in [-0.4, -0.2) is 17.9 Å². The van der Waals surface area contributed by atoms with Gasteiger partial charge in [-0.2, -0.15) is 0 Å². The van der Waals surface area contributed by atoms with E-state index in [2.05, 4.69) is 20.8 Å². The minimum absolute atomic E-state index is 0.249. The molecule has 0 spiro atoms. The third-order valence-corrected chi connectivity index (χ3v) is 10.4. The lowest BCUT2D eigenvalue weighted by molar-refractivity contribution is -0.152. The molecule has 4 saturated carbocycles. The van der Waals surface area contributed by atoms with E-state index >= 15 is 0 Å². The number of aliphatic hydroxyl groups is 1. The average Bonchev–Trinajstić information content (AvgIpc) is 3.03. The van der Waals surface area contributed by atoms with Gasteiger partial charge in [0, 0.05) is 6.42 Å². The third-order valence-electron chi connectivity index (χ3n) is 10.4. The lowest BCUT2D eigenvalue weighted by Crippen LogP contribution is -2.53. The molecule has 7 unspecified atom stereocenters. The van der Waals surface area contributed by atoms with E-state index in [9.17, 15) is 4.79 Å². The molecule has 4 rings (SSSR count). The maximum Gasteiger partial charge on any atom is 0.307 e. The Kier molecular flexibility index (Phi) is 5.86. The topological polar surface area (TPSA) is 46.5 Å². The Hall–Kier alpha value is -0.570. The molecule has 0 heterocycles. The molecule has 0 saturated heterocycles. The van der Waals surface area contributed by atoms with Crippen LogP contribution in [0, 0.1) is 46.3 Å². The molecule has 1 N–H and O–H groups in total. The first-order valence-electron chi connectivity index (χ1n) is 12.2. The van der Waals surface area contributed by atoms with E-state index in [0.29, 0.717) is 23.2 Å². The SMILES string of the molecule is C[C@H](CCC(=O)OCO)C1CCC2C3CCC4CCCCC4(C)C3CCC21C. The molecule has 28 heavy (non-hydrogen) atoms. The minimum Gasteiger partial charge on any atom is -0.439 e. The first kappa shape index (κ1) is 20.7. The summed E-state index contributed by atoms with van der Waals surface area (Å²) < 4.78 is 4.74. The summed E-state index contributed by atoms with van der Waals surface area (Å²) in [5.74, 6) is 4.90. The summed E-state index contributed by atoms with van der Waals surface area (Å²) in [5, 5.41) is 8.78. The fourth-order valence-corrected chi connectivity index (χ4v) is 8.96. The van der Waals surface area contributed by atoms with Gasteiger partial charge in [0.25, 0.3) is 0 Å². The van der Waals surface area contributed by atoms with E-state index in [0.717, 1.165) is 36.0 Å². The summed E-state index contributed by atoms with van der Waals surface area (Å²) >= 11 is 0. The first-order valence-corrected chi connectivity index (χ1v) is 12.2. The fraction of sp³-hybridized carbons (Fsp3) is 0.960. The normalized spacial score (nSPS) is 46.2. The van der Waals surface area contributed by atoms with Crippen molar-refractivity contribution in [1.82, 2.24) is 0 Å². The minimum atomic E-state index is -0.487. The lowest BCUT2D eigenvalue weighted by Gasteiger charge is -2.61. The molecule has 0 bridgehead atoms. The molecule has 4 aliphatic rings. The molecular formula is C25H42O3. The quantitative estimate of drug-likeness (QED) is 0.466. The van der Waals surface area contributed by atoms with E-state index in [1.165, 1.54) is 64.2 Å². The van der Waals surface area contributed by atoms with E-state index < -0.39 is 6.79 Å². The van der Waals surface area contributed by atoms with Crippen molar-refractivity contribution in [3.05, 3.63) is 0 Å². The zero-order valence-corrected chi connectivity index (χ0v) is 18.4. The summed E-state index contributed by atoms with van der Waals surface area (Å²) in [6, 6.07) is 0. The Morgan fingerprint density at radius 1 is 1.00 bits per heavy atom. The highest BCUT2D eigenvalue weighted by Gasteiger charge is 2.60. The summed E-state index contributed by atoms with van der Waals surface area (Å²) in [6.07, 6.45) is 15.8. The summed E-state index contributed by atoms with van der Waals surface area (Å²) in [7, 11) is 0. The first-order chi connectivity index (χ1) is 13.4. The zero-order valence-electron chi connectivity index (χ0n) is 18.4. The fourth-order valence-electron chi connectivity index (χ4n) is 8.96. The number of carbonyl (C=O) groups excluding carboxylic acids is 1. The maximum absolute atomic E-state index is 11.7. The molecule has 4 fully saturated rings.